The molecule has 15 heavy (non-hydrogen) atoms. The van der Waals surface area contributed by atoms with Gasteiger partial charge in [-0.15, -0.1) is 0 Å². The predicted octanol–water partition coefficient (Wildman–Crippen LogP) is 3.64. The molecule has 0 unspecified atom stereocenters. The molecule has 1 aromatic rings. The van der Waals surface area contributed by atoms with E-state index in [2.05, 4.69) is 35.1 Å². The molecule has 0 aliphatic carbocycles. The molecular formula is C12H17BrFN. The lowest BCUT2D eigenvalue weighted by Gasteiger charge is -2.09. The highest BCUT2D eigenvalue weighted by Crippen LogP contribution is 2.20. The highest BCUT2D eigenvalue weighted by atomic mass is 79.9. The summed E-state index contributed by atoms with van der Waals surface area (Å²) in [6, 6.07) is 3.41. The van der Waals surface area contributed by atoms with Crippen LogP contribution in [0.5, 0.6) is 0 Å². The summed E-state index contributed by atoms with van der Waals surface area (Å²) in [6.45, 7) is 7.74. The van der Waals surface area contributed by atoms with E-state index in [1.165, 1.54) is 6.07 Å². The summed E-state index contributed by atoms with van der Waals surface area (Å²) in [4.78, 5) is 0. The van der Waals surface area contributed by atoms with E-state index in [4.69, 9.17) is 0 Å². The van der Waals surface area contributed by atoms with E-state index in [9.17, 15) is 4.39 Å². The van der Waals surface area contributed by atoms with Gasteiger partial charge in [0.05, 0.1) is 0 Å². The first-order chi connectivity index (χ1) is 7.00. The van der Waals surface area contributed by atoms with Gasteiger partial charge < -0.3 is 5.32 Å². The number of nitrogens with one attached hydrogen (secondary N) is 1. The van der Waals surface area contributed by atoms with Crippen LogP contribution in [0.4, 0.5) is 4.39 Å². The minimum Gasteiger partial charge on any atom is -0.312 e. The zero-order chi connectivity index (χ0) is 11.4. The summed E-state index contributed by atoms with van der Waals surface area (Å²) in [7, 11) is 0. The highest BCUT2D eigenvalue weighted by molar-refractivity contribution is 9.10. The van der Waals surface area contributed by atoms with Gasteiger partial charge in [0, 0.05) is 16.6 Å². The molecule has 0 saturated heterocycles. The molecule has 1 aromatic carbocycles. The lowest BCUT2D eigenvalue weighted by atomic mass is 10.1. The number of hydrogen-bond donors (Lipinski definition) is 1. The molecule has 0 spiro atoms. The third kappa shape index (κ3) is 3.92. The van der Waals surface area contributed by atoms with E-state index in [0.29, 0.717) is 12.5 Å². The van der Waals surface area contributed by atoms with Gasteiger partial charge in [0.15, 0.2) is 0 Å². The Labute approximate surface area is 99.2 Å². The van der Waals surface area contributed by atoms with Gasteiger partial charge in [0.2, 0.25) is 0 Å². The Kier molecular flexibility index (Phi) is 4.74. The third-order valence-corrected chi connectivity index (χ3v) is 3.05. The number of aryl methyl sites for hydroxylation is 1. The second kappa shape index (κ2) is 5.61. The van der Waals surface area contributed by atoms with Crippen LogP contribution in [-0.2, 0) is 6.54 Å². The van der Waals surface area contributed by atoms with Crippen molar-refractivity contribution >= 4 is 15.9 Å². The molecule has 0 saturated carbocycles. The molecule has 1 N–H and O–H groups in total. The van der Waals surface area contributed by atoms with Gasteiger partial charge >= 0.3 is 0 Å². The molecule has 0 atom stereocenters. The van der Waals surface area contributed by atoms with Crippen molar-refractivity contribution < 1.29 is 4.39 Å². The van der Waals surface area contributed by atoms with Crippen molar-refractivity contribution in [1.29, 1.82) is 0 Å². The highest BCUT2D eigenvalue weighted by Gasteiger charge is 2.05. The van der Waals surface area contributed by atoms with E-state index in [0.717, 1.165) is 22.1 Å². The largest absolute Gasteiger partial charge is 0.312 e. The van der Waals surface area contributed by atoms with Crippen LogP contribution in [0.15, 0.2) is 16.6 Å². The average molecular weight is 274 g/mol. The van der Waals surface area contributed by atoms with E-state index < -0.39 is 0 Å². The molecule has 0 heterocycles. The Hall–Kier alpha value is -0.410. The van der Waals surface area contributed by atoms with Gasteiger partial charge in [-0.25, -0.2) is 4.39 Å². The van der Waals surface area contributed by atoms with Gasteiger partial charge in [-0.2, -0.15) is 0 Å². The fraction of sp³-hybridized carbons (Fsp3) is 0.500. The molecule has 0 bridgehead atoms. The molecule has 1 nitrogen and oxygen atoms in total. The third-order valence-electron chi connectivity index (χ3n) is 2.20. The predicted molar refractivity (Wildman–Crippen MR) is 65.4 cm³/mol. The normalized spacial score (nSPS) is 11.1. The first-order valence-corrected chi connectivity index (χ1v) is 5.95. The van der Waals surface area contributed by atoms with Crippen LogP contribution in [0.25, 0.3) is 0 Å². The van der Waals surface area contributed by atoms with Crippen LogP contribution < -0.4 is 5.32 Å². The van der Waals surface area contributed by atoms with Crippen molar-refractivity contribution in [2.24, 2.45) is 5.92 Å². The topological polar surface area (TPSA) is 12.0 Å². The Morgan fingerprint density at radius 2 is 2.07 bits per heavy atom. The molecule has 1 rings (SSSR count). The standard InChI is InChI=1S/C12H17BrFN/c1-8(2)6-15-7-10-4-9(3)11(13)5-12(10)14/h4-5,8,15H,6-7H2,1-3H3. The van der Waals surface area contributed by atoms with Gasteiger partial charge in [-0.05, 0) is 31.0 Å². The second-order valence-electron chi connectivity index (χ2n) is 4.22. The van der Waals surface area contributed by atoms with E-state index in [1.54, 1.807) is 0 Å². The molecule has 0 radical (unpaired) electrons. The molecule has 84 valence electrons. The molecule has 0 aliphatic rings. The maximum absolute atomic E-state index is 13.5. The fourth-order valence-electron chi connectivity index (χ4n) is 1.35. The van der Waals surface area contributed by atoms with Crippen molar-refractivity contribution in [3.05, 3.63) is 33.5 Å². The molecular weight excluding hydrogens is 257 g/mol. The summed E-state index contributed by atoms with van der Waals surface area (Å²) in [5.74, 6) is 0.438. The van der Waals surface area contributed by atoms with Crippen molar-refractivity contribution in [1.82, 2.24) is 5.32 Å². The van der Waals surface area contributed by atoms with E-state index in [1.807, 2.05) is 13.0 Å². The number of halogens is 2. The maximum Gasteiger partial charge on any atom is 0.128 e. The lowest BCUT2D eigenvalue weighted by molar-refractivity contribution is 0.534. The van der Waals surface area contributed by atoms with Crippen LogP contribution in [-0.4, -0.2) is 6.54 Å². The fourth-order valence-corrected chi connectivity index (χ4v) is 1.66. The summed E-state index contributed by atoms with van der Waals surface area (Å²) >= 11 is 3.31. The van der Waals surface area contributed by atoms with Gasteiger partial charge in [0.25, 0.3) is 0 Å². The van der Waals surface area contributed by atoms with Crippen molar-refractivity contribution in [2.75, 3.05) is 6.54 Å². The first kappa shape index (κ1) is 12.7. The quantitative estimate of drug-likeness (QED) is 0.883. The zero-order valence-electron chi connectivity index (χ0n) is 9.40. The molecule has 0 fully saturated rings. The summed E-state index contributed by atoms with van der Waals surface area (Å²) in [6.07, 6.45) is 0. The second-order valence-corrected chi connectivity index (χ2v) is 5.07. The lowest BCUT2D eigenvalue weighted by Crippen LogP contribution is -2.19. The number of benzene rings is 1. The van der Waals surface area contributed by atoms with Gasteiger partial charge in [0.1, 0.15) is 5.82 Å². The van der Waals surface area contributed by atoms with E-state index >= 15 is 0 Å². The molecule has 0 aromatic heterocycles. The molecule has 0 amide bonds. The minimum absolute atomic E-state index is 0.149. The summed E-state index contributed by atoms with van der Waals surface area (Å²) < 4.78 is 14.3. The zero-order valence-corrected chi connectivity index (χ0v) is 11.0. The van der Waals surface area contributed by atoms with Crippen LogP contribution in [0.2, 0.25) is 0 Å². The number of rotatable bonds is 4. The molecule has 0 aliphatic heterocycles. The monoisotopic (exact) mass is 273 g/mol. The Morgan fingerprint density at radius 3 is 2.67 bits per heavy atom. The first-order valence-electron chi connectivity index (χ1n) is 5.16. The van der Waals surface area contributed by atoms with E-state index in [-0.39, 0.29) is 5.82 Å². The summed E-state index contributed by atoms with van der Waals surface area (Å²) in [5, 5.41) is 3.23. The van der Waals surface area contributed by atoms with Gasteiger partial charge in [-0.1, -0.05) is 35.8 Å². The van der Waals surface area contributed by atoms with Crippen LogP contribution >= 0.6 is 15.9 Å². The Balaban J connectivity index is 2.65. The van der Waals surface area contributed by atoms with Crippen LogP contribution in [0, 0.1) is 18.7 Å². The van der Waals surface area contributed by atoms with Crippen molar-refractivity contribution in [2.45, 2.75) is 27.3 Å². The Bertz CT molecular complexity index is 337. The molecule has 3 heteroatoms. The van der Waals surface area contributed by atoms with Gasteiger partial charge in [-0.3, -0.25) is 0 Å². The minimum atomic E-state index is -0.149. The maximum atomic E-state index is 13.5. The van der Waals surface area contributed by atoms with Crippen LogP contribution in [0.1, 0.15) is 25.0 Å². The average Bonchev–Trinajstić information content (AvgIpc) is 2.13. The summed E-state index contributed by atoms with van der Waals surface area (Å²) in [5.41, 5.74) is 1.80. The SMILES string of the molecule is Cc1cc(CNCC(C)C)c(F)cc1Br. The van der Waals surface area contributed by atoms with Crippen LogP contribution in [0.3, 0.4) is 0 Å². The van der Waals surface area contributed by atoms with Crippen molar-refractivity contribution in [3.63, 3.8) is 0 Å². The van der Waals surface area contributed by atoms with Crippen molar-refractivity contribution in [3.8, 4) is 0 Å². The Morgan fingerprint density at radius 1 is 1.40 bits per heavy atom. The number of hydrogen-bond acceptors (Lipinski definition) is 1. The smallest absolute Gasteiger partial charge is 0.128 e.